The van der Waals surface area contributed by atoms with Crippen molar-refractivity contribution in [2.45, 2.75) is 32.8 Å². The average molecular weight is 222 g/mol. The molecule has 0 amide bonds. The van der Waals surface area contributed by atoms with Crippen molar-refractivity contribution < 1.29 is 5.11 Å². The third kappa shape index (κ3) is 2.09. The molecule has 0 unspecified atom stereocenters. The molecule has 5 nitrogen and oxygen atoms in total. The minimum absolute atomic E-state index is 0.170. The number of aromatic nitrogens is 2. The van der Waals surface area contributed by atoms with Gasteiger partial charge in [0.1, 0.15) is 17.5 Å². The molecule has 1 fully saturated rings. The lowest BCUT2D eigenvalue weighted by molar-refractivity contribution is 0.145. The molecule has 1 aromatic rings. The maximum Gasteiger partial charge on any atom is 0.137 e. The summed E-state index contributed by atoms with van der Waals surface area (Å²) in [6.45, 7) is 5.45. The minimum Gasteiger partial charge on any atom is -0.393 e. The van der Waals surface area contributed by atoms with Crippen LogP contribution < -0.4 is 10.6 Å². The molecular formula is C11H18N4O. The lowest BCUT2D eigenvalue weighted by Crippen LogP contribution is -2.37. The van der Waals surface area contributed by atoms with E-state index in [0.717, 1.165) is 37.3 Å². The molecule has 0 spiro atoms. The average Bonchev–Trinajstić information content (AvgIpc) is 2.25. The Labute approximate surface area is 95.3 Å². The van der Waals surface area contributed by atoms with Crippen molar-refractivity contribution in [1.29, 1.82) is 0 Å². The third-order valence-corrected chi connectivity index (χ3v) is 3.03. The zero-order chi connectivity index (χ0) is 11.7. The summed E-state index contributed by atoms with van der Waals surface area (Å²) in [6.07, 6.45) is 1.42. The molecule has 0 bridgehead atoms. The summed E-state index contributed by atoms with van der Waals surface area (Å²) in [5.74, 6) is 2.16. The van der Waals surface area contributed by atoms with E-state index in [-0.39, 0.29) is 6.10 Å². The van der Waals surface area contributed by atoms with E-state index in [0.29, 0.717) is 11.6 Å². The van der Waals surface area contributed by atoms with Crippen molar-refractivity contribution >= 4 is 11.6 Å². The Morgan fingerprint density at radius 1 is 1.25 bits per heavy atom. The molecule has 0 atom stereocenters. The zero-order valence-electron chi connectivity index (χ0n) is 9.77. The van der Waals surface area contributed by atoms with Gasteiger partial charge in [-0.1, -0.05) is 0 Å². The fraction of sp³-hybridized carbons (Fsp3) is 0.636. The van der Waals surface area contributed by atoms with Crippen LogP contribution in [0.2, 0.25) is 0 Å². The van der Waals surface area contributed by atoms with Crippen LogP contribution in [0, 0.1) is 13.8 Å². The van der Waals surface area contributed by atoms with E-state index in [1.165, 1.54) is 0 Å². The highest BCUT2D eigenvalue weighted by Crippen LogP contribution is 2.24. The first-order valence-electron chi connectivity index (χ1n) is 5.61. The summed E-state index contributed by atoms with van der Waals surface area (Å²) in [5, 5.41) is 9.47. The lowest BCUT2D eigenvalue weighted by atomic mass is 10.1. The Morgan fingerprint density at radius 2 is 1.88 bits per heavy atom. The van der Waals surface area contributed by atoms with E-state index < -0.39 is 0 Å². The molecule has 1 saturated heterocycles. The standard InChI is InChI=1S/C11H18N4O/c1-7-10(12)13-8(2)14-11(7)15-5-3-9(16)4-6-15/h9,16H,3-6H2,1-2H3,(H2,12,13,14). The monoisotopic (exact) mass is 222 g/mol. The number of nitrogen functional groups attached to an aromatic ring is 1. The minimum atomic E-state index is -0.170. The molecule has 2 rings (SSSR count). The summed E-state index contributed by atoms with van der Waals surface area (Å²) in [6, 6.07) is 0. The van der Waals surface area contributed by atoms with Crippen molar-refractivity contribution in [3.63, 3.8) is 0 Å². The van der Waals surface area contributed by atoms with Gasteiger partial charge in [-0.15, -0.1) is 0 Å². The van der Waals surface area contributed by atoms with E-state index in [9.17, 15) is 5.11 Å². The highest BCUT2D eigenvalue weighted by molar-refractivity contribution is 5.56. The van der Waals surface area contributed by atoms with Gasteiger partial charge in [0.25, 0.3) is 0 Å². The number of nitrogens with zero attached hydrogens (tertiary/aromatic N) is 3. The molecular weight excluding hydrogens is 204 g/mol. The van der Waals surface area contributed by atoms with Crippen LogP contribution in [0.4, 0.5) is 11.6 Å². The Hall–Kier alpha value is -1.36. The van der Waals surface area contributed by atoms with Gasteiger partial charge in [-0.2, -0.15) is 0 Å². The fourth-order valence-electron chi connectivity index (χ4n) is 2.02. The van der Waals surface area contributed by atoms with E-state index in [1.54, 1.807) is 0 Å². The van der Waals surface area contributed by atoms with Crippen molar-refractivity contribution in [3.05, 3.63) is 11.4 Å². The Kier molecular flexibility index (Phi) is 2.96. The Bertz CT molecular complexity index is 386. The van der Waals surface area contributed by atoms with Gasteiger partial charge in [-0.3, -0.25) is 0 Å². The Morgan fingerprint density at radius 3 is 2.50 bits per heavy atom. The van der Waals surface area contributed by atoms with Crippen LogP contribution in [-0.4, -0.2) is 34.3 Å². The topological polar surface area (TPSA) is 75.3 Å². The highest BCUT2D eigenvalue weighted by Gasteiger charge is 2.20. The summed E-state index contributed by atoms with van der Waals surface area (Å²) >= 11 is 0. The number of hydrogen-bond donors (Lipinski definition) is 2. The maximum atomic E-state index is 9.47. The van der Waals surface area contributed by atoms with Crippen molar-refractivity contribution in [3.8, 4) is 0 Å². The SMILES string of the molecule is Cc1nc(N)c(C)c(N2CCC(O)CC2)n1. The van der Waals surface area contributed by atoms with Crippen LogP contribution in [0.3, 0.4) is 0 Å². The number of aliphatic hydroxyl groups excluding tert-OH is 1. The van der Waals surface area contributed by atoms with Crippen LogP contribution in [-0.2, 0) is 0 Å². The van der Waals surface area contributed by atoms with Gasteiger partial charge in [0.05, 0.1) is 6.10 Å². The number of nitrogens with two attached hydrogens (primary N) is 1. The summed E-state index contributed by atoms with van der Waals surface area (Å²) in [4.78, 5) is 10.7. The number of hydrogen-bond acceptors (Lipinski definition) is 5. The molecule has 1 aromatic heterocycles. The molecule has 0 saturated carbocycles. The molecule has 5 heteroatoms. The molecule has 0 aliphatic carbocycles. The van der Waals surface area contributed by atoms with Crippen LogP contribution in [0.1, 0.15) is 24.2 Å². The van der Waals surface area contributed by atoms with Gasteiger partial charge in [0.15, 0.2) is 0 Å². The molecule has 3 N–H and O–H groups in total. The second-order valence-corrected chi connectivity index (χ2v) is 4.32. The molecule has 16 heavy (non-hydrogen) atoms. The first kappa shape index (κ1) is 11.1. The quantitative estimate of drug-likeness (QED) is 0.729. The summed E-state index contributed by atoms with van der Waals surface area (Å²) in [7, 11) is 0. The number of rotatable bonds is 1. The number of piperidine rings is 1. The van der Waals surface area contributed by atoms with Gasteiger partial charge >= 0.3 is 0 Å². The van der Waals surface area contributed by atoms with E-state index in [4.69, 9.17) is 5.73 Å². The number of aliphatic hydroxyl groups is 1. The van der Waals surface area contributed by atoms with E-state index >= 15 is 0 Å². The van der Waals surface area contributed by atoms with Crippen LogP contribution in [0.25, 0.3) is 0 Å². The predicted octanol–water partition coefficient (Wildman–Crippen LogP) is 0.637. The molecule has 1 aliphatic heterocycles. The van der Waals surface area contributed by atoms with Crippen LogP contribution in [0.15, 0.2) is 0 Å². The van der Waals surface area contributed by atoms with Gasteiger partial charge < -0.3 is 15.7 Å². The van der Waals surface area contributed by atoms with Gasteiger partial charge in [-0.25, -0.2) is 9.97 Å². The zero-order valence-corrected chi connectivity index (χ0v) is 9.77. The maximum absolute atomic E-state index is 9.47. The predicted molar refractivity (Wildman–Crippen MR) is 63.4 cm³/mol. The molecule has 88 valence electrons. The normalized spacial score (nSPS) is 17.8. The van der Waals surface area contributed by atoms with E-state index in [1.807, 2.05) is 13.8 Å². The first-order chi connectivity index (χ1) is 7.58. The Balaban J connectivity index is 2.26. The third-order valence-electron chi connectivity index (χ3n) is 3.03. The van der Waals surface area contributed by atoms with Crippen LogP contribution >= 0.6 is 0 Å². The largest absolute Gasteiger partial charge is 0.393 e. The van der Waals surface area contributed by atoms with Gasteiger partial charge in [0, 0.05) is 18.7 Å². The summed E-state index contributed by atoms with van der Waals surface area (Å²) < 4.78 is 0. The second kappa shape index (κ2) is 4.25. The summed E-state index contributed by atoms with van der Waals surface area (Å²) in [5.41, 5.74) is 6.76. The molecule has 1 aliphatic rings. The van der Waals surface area contributed by atoms with Gasteiger partial charge in [0.2, 0.25) is 0 Å². The lowest BCUT2D eigenvalue weighted by Gasteiger charge is -2.31. The molecule has 2 heterocycles. The number of anilines is 2. The molecule has 0 radical (unpaired) electrons. The highest BCUT2D eigenvalue weighted by atomic mass is 16.3. The van der Waals surface area contributed by atoms with Crippen LogP contribution in [0.5, 0.6) is 0 Å². The second-order valence-electron chi connectivity index (χ2n) is 4.32. The fourth-order valence-corrected chi connectivity index (χ4v) is 2.02. The van der Waals surface area contributed by atoms with Crippen molar-refractivity contribution in [2.24, 2.45) is 0 Å². The molecule has 0 aromatic carbocycles. The smallest absolute Gasteiger partial charge is 0.137 e. The first-order valence-corrected chi connectivity index (χ1v) is 5.61. The number of aryl methyl sites for hydroxylation is 1. The van der Waals surface area contributed by atoms with Crippen molar-refractivity contribution in [2.75, 3.05) is 23.7 Å². The van der Waals surface area contributed by atoms with Gasteiger partial charge in [-0.05, 0) is 26.7 Å². The van der Waals surface area contributed by atoms with Crippen molar-refractivity contribution in [1.82, 2.24) is 9.97 Å². The van der Waals surface area contributed by atoms with E-state index in [2.05, 4.69) is 14.9 Å².